The number of anilines is 1. The van der Waals surface area contributed by atoms with E-state index in [4.69, 9.17) is 5.73 Å². The molecule has 0 aliphatic rings. The van der Waals surface area contributed by atoms with Crippen molar-refractivity contribution in [1.29, 1.82) is 0 Å². The Labute approximate surface area is 141 Å². The van der Waals surface area contributed by atoms with Crippen LogP contribution in [-0.2, 0) is 13.6 Å². The molecule has 1 aromatic carbocycles. The van der Waals surface area contributed by atoms with Crippen LogP contribution in [0.4, 0.5) is 5.69 Å². The van der Waals surface area contributed by atoms with E-state index >= 15 is 0 Å². The molecule has 114 valence electrons. The number of benzene rings is 1. The highest BCUT2D eigenvalue weighted by atomic mass is 127. The van der Waals surface area contributed by atoms with E-state index in [1.807, 2.05) is 19.2 Å². The number of halogens is 1. The van der Waals surface area contributed by atoms with Crippen LogP contribution in [0.15, 0.2) is 35.6 Å². The van der Waals surface area contributed by atoms with Gasteiger partial charge in [0.1, 0.15) is 12.9 Å². The van der Waals surface area contributed by atoms with Crippen molar-refractivity contribution in [3.63, 3.8) is 0 Å². The summed E-state index contributed by atoms with van der Waals surface area (Å²) in [6.07, 6.45) is 1.64. The number of hydrogen-bond donors (Lipinski definition) is 2. The standard InChI is InChI=1S/C14H20N6.HI/c1-10(2)11-5-4-6-12(7-11)18-14(15)16-8-13-17-9-20(3)19-13;/h4-7,9-10H,8H2,1-3H3,(H3,15,16,18);1H. The van der Waals surface area contributed by atoms with Crippen LogP contribution in [0.5, 0.6) is 0 Å². The third-order valence-corrected chi connectivity index (χ3v) is 2.86. The molecule has 0 aliphatic heterocycles. The van der Waals surface area contributed by atoms with Crippen molar-refractivity contribution >= 4 is 35.6 Å². The lowest BCUT2D eigenvalue weighted by atomic mass is 10.0. The van der Waals surface area contributed by atoms with E-state index in [-0.39, 0.29) is 24.0 Å². The van der Waals surface area contributed by atoms with Gasteiger partial charge >= 0.3 is 0 Å². The minimum atomic E-state index is 0. The molecule has 0 atom stereocenters. The van der Waals surface area contributed by atoms with E-state index < -0.39 is 0 Å². The molecule has 0 bridgehead atoms. The molecule has 2 rings (SSSR count). The van der Waals surface area contributed by atoms with Crippen molar-refractivity contribution in [1.82, 2.24) is 14.8 Å². The molecule has 1 heterocycles. The number of rotatable bonds is 4. The van der Waals surface area contributed by atoms with Crippen LogP contribution in [0, 0.1) is 0 Å². The first kappa shape index (κ1) is 17.4. The third kappa shape index (κ3) is 5.33. The third-order valence-electron chi connectivity index (χ3n) is 2.86. The molecule has 0 saturated heterocycles. The molecule has 0 amide bonds. The summed E-state index contributed by atoms with van der Waals surface area (Å²) in [7, 11) is 1.82. The monoisotopic (exact) mass is 400 g/mol. The normalized spacial score (nSPS) is 11.3. The number of guanidine groups is 1. The van der Waals surface area contributed by atoms with Gasteiger partial charge in [0.25, 0.3) is 0 Å². The smallest absolute Gasteiger partial charge is 0.193 e. The van der Waals surface area contributed by atoms with Crippen LogP contribution in [0.1, 0.15) is 31.2 Å². The maximum absolute atomic E-state index is 5.86. The van der Waals surface area contributed by atoms with Gasteiger partial charge in [0.15, 0.2) is 11.8 Å². The first-order chi connectivity index (χ1) is 9.54. The number of aliphatic imine (C=N–C) groups is 1. The Hall–Kier alpha value is -1.64. The summed E-state index contributed by atoms with van der Waals surface area (Å²) in [6, 6.07) is 8.14. The van der Waals surface area contributed by atoms with Crippen molar-refractivity contribution < 1.29 is 0 Å². The molecule has 21 heavy (non-hydrogen) atoms. The average Bonchev–Trinajstić information content (AvgIpc) is 2.82. The molecule has 1 aromatic heterocycles. The van der Waals surface area contributed by atoms with Gasteiger partial charge in [-0.3, -0.25) is 4.68 Å². The van der Waals surface area contributed by atoms with Crippen molar-refractivity contribution in [3.8, 4) is 0 Å². The van der Waals surface area contributed by atoms with Gasteiger partial charge in [0, 0.05) is 12.7 Å². The second kappa shape index (κ2) is 7.96. The number of nitrogens with two attached hydrogens (primary N) is 1. The summed E-state index contributed by atoms with van der Waals surface area (Å²) in [5.41, 5.74) is 8.06. The minimum absolute atomic E-state index is 0. The zero-order valence-corrected chi connectivity index (χ0v) is 14.8. The fourth-order valence-corrected chi connectivity index (χ4v) is 1.78. The van der Waals surface area contributed by atoms with Gasteiger partial charge in [-0.2, -0.15) is 5.10 Å². The number of aryl methyl sites for hydroxylation is 1. The van der Waals surface area contributed by atoms with Gasteiger partial charge in [-0.1, -0.05) is 26.0 Å². The lowest BCUT2D eigenvalue weighted by Gasteiger charge is -2.09. The number of nitrogens with zero attached hydrogens (tertiary/aromatic N) is 4. The van der Waals surface area contributed by atoms with Gasteiger partial charge in [-0.05, 0) is 23.6 Å². The van der Waals surface area contributed by atoms with Crippen LogP contribution >= 0.6 is 24.0 Å². The highest BCUT2D eigenvalue weighted by Gasteiger charge is 2.02. The summed E-state index contributed by atoms with van der Waals surface area (Å²) in [5, 5.41) is 7.22. The summed E-state index contributed by atoms with van der Waals surface area (Å²) in [6.45, 7) is 4.68. The lowest BCUT2D eigenvalue weighted by Crippen LogP contribution is -2.22. The molecular formula is C14H21IN6. The van der Waals surface area contributed by atoms with Crippen LogP contribution in [0.3, 0.4) is 0 Å². The van der Waals surface area contributed by atoms with Gasteiger partial charge in [-0.25, -0.2) is 9.98 Å². The van der Waals surface area contributed by atoms with E-state index in [1.54, 1.807) is 11.0 Å². The Bertz CT molecular complexity index is 605. The first-order valence-electron chi connectivity index (χ1n) is 6.56. The van der Waals surface area contributed by atoms with Crippen molar-refractivity contribution in [2.45, 2.75) is 26.3 Å². The topological polar surface area (TPSA) is 81.1 Å². The van der Waals surface area contributed by atoms with Crippen LogP contribution in [-0.4, -0.2) is 20.7 Å². The molecule has 0 radical (unpaired) electrons. The summed E-state index contributed by atoms with van der Waals surface area (Å²) < 4.78 is 1.64. The van der Waals surface area contributed by atoms with Gasteiger partial charge in [0.2, 0.25) is 0 Å². The van der Waals surface area contributed by atoms with Gasteiger partial charge in [-0.15, -0.1) is 24.0 Å². The zero-order valence-electron chi connectivity index (χ0n) is 12.4. The summed E-state index contributed by atoms with van der Waals surface area (Å²) in [5.74, 6) is 1.49. The second-order valence-electron chi connectivity index (χ2n) is 4.94. The Balaban J connectivity index is 0.00000220. The summed E-state index contributed by atoms with van der Waals surface area (Å²) >= 11 is 0. The predicted octanol–water partition coefficient (Wildman–Crippen LogP) is 2.48. The second-order valence-corrected chi connectivity index (χ2v) is 4.94. The lowest BCUT2D eigenvalue weighted by molar-refractivity contribution is 0.742. The predicted molar refractivity (Wildman–Crippen MR) is 95.9 cm³/mol. The SMILES string of the molecule is CC(C)c1cccc(NC(N)=NCc2ncn(C)n2)c1.I. The molecule has 0 aliphatic carbocycles. The largest absolute Gasteiger partial charge is 0.370 e. The molecule has 0 fully saturated rings. The quantitative estimate of drug-likeness (QED) is 0.470. The van der Waals surface area contributed by atoms with E-state index in [0.717, 1.165) is 5.69 Å². The van der Waals surface area contributed by atoms with Crippen LogP contribution < -0.4 is 11.1 Å². The maximum atomic E-state index is 5.86. The van der Waals surface area contributed by atoms with Gasteiger partial charge in [0.05, 0.1) is 0 Å². The number of hydrogen-bond acceptors (Lipinski definition) is 3. The molecule has 3 N–H and O–H groups in total. The first-order valence-corrected chi connectivity index (χ1v) is 6.56. The Morgan fingerprint density at radius 3 is 2.81 bits per heavy atom. The maximum Gasteiger partial charge on any atom is 0.193 e. The molecule has 7 heteroatoms. The Morgan fingerprint density at radius 2 is 2.19 bits per heavy atom. The van der Waals surface area contributed by atoms with Crippen molar-refractivity contribution in [3.05, 3.63) is 42.0 Å². The fraction of sp³-hybridized carbons (Fsp3) is 0.357. The van der Waals surface area contributed by atoms with E-state index in [0.29, 0.717) is 24.2 Å². The highest BCUT2D eigenvalue weighted by Crippen LogP contribution is 2.18. The van der Waals surface area contributed by atoms with E-state index in [1.165, 1.54) is 5.56 Å². The van der Waals surface area contributed by atoms with Crippen molar-refractivity contribution in [2.75, 3.05) is 5.32 Å². The number of aromatic nitrogens is 3. The fourth-order valence-electron chi connectivity index (χ4n) is 1.78. The Morgan fingerprint density at radius 1 is 1.43 bits per heavy atom. The average molecular weight is 400 g/mol. The molecule has 0 spiro atoms. The van der Waals surface area contributed by atoms with Crippen molar-refractivity contribution in [2.24, 2.45) is 17.8 Å². The number of nitrogens with one attached hydrogen (secondary N) is 1. The minimum Gasteiger partial charge on any atom is -0.370 e. The van der Waals surface area contributed by atoms with E-state index in [2.05, 4.69) is 46.4 Å². The zero-order chi connectivity index (χ0) is 14.5. The summed E-state index contributed by atoms with van der Waals surface area (Å²) in [4.78, 5) is 8.32. The molecule has 6 nitrogen and oxygen atoms in total. The molecule has 0 unspecified atom stereocenters. The van der Waals surface area contributed by atoms with Gasteiger partial charge < -0.3 is 11.1 Å². The van der Waals surface area contributed by atoms with E-state index in [9.17, 15) is 0 Å². The van der Waals surface area contributed by atoms with Crippen LogP contribution in [0.2, 0.25) is 0 Å². The molecule has 0 saturated carbocycles. The molecule has 2 aromatic rings. The highest BCUT2D eigenvalue weighted by molar-refractivity contribution is 14.0. The van der Waals surface area contributed by atoms with Crippen LogP contribution in [0.25, 0.3) is 0 Å². The molecular weight excluding hydrogens is 379 g/mol. The Kier molecular flexibility index (Phi) is 6.60.